The zero-order valence-electron chi connectivity index (χ0n) is 7.48. The van der Waals surface area contributed by atoms with Crippen LogP contribution in [0, 0.1) is 5.82 Å². The summed E-state index contributed by atoms with van der Waals surface area (Å²) < 4.78 is 14.4. The van der Waals surface area contributed by atoms with Crippen LogP contribution < -0.4 is 5.73 Å². The molecule has 2 aromatic rings. The molecule has 0 radical (unpaired) electrons. The number of anilines is 1. The number of nitrogen functional groups attached to an aromatic ring is 1. The molecule has 0 aromatic carbocycles. The zero-order valence-corrected chi connectivity index (χ0v) is 7.48. The highest BCUT2D eigenvalue weighted by atomic mass is 19.1. The topological polar surface area (TPSA) is 69.6 Å². The molecule has 6 heteroatoms. The summed E-state index contributed by atoms with van der Waals surface area (Å²) in [6.45, 7) is 0. The molecule has 0 saturated heterocycles. The SMILES string of the molecule is Cn1nccc1-c1ncc(F)c(N)n1. The van der Waals surface area contributed by atoms with Crippen molar-refractivity contribution in [2.75, 3.05) is 5.73 Å². The molecule has 0 atom stereocenters. The lowest BCUT2D eigenvalue weighted by molar-refractivity contribution is 0.619. The third-order valence-corrected chi connectivity index (χ3v) is 1.82. The van der Waals surface area contributed by atoms with Crippen molar-refractivity contribution in [1.82, 2.24) is 19.7 Å². The van der Waals surface area contributed by atoms with Crippen LogP contribution in [0.3, 0.4) is 0 Å². The Hall–Kier alpha value is -1.98. The second-order valence-electron chi connectivity index (χ2n) is 2.77. The van der Waals surface area contributed by atoms with E-state index >= 15 is 0 Å². The van der Waals surface area contributed by atoms with Crippen molar-refractivity contribution in [2.24, 2.45) is 7.05 Å². The van der Waals surface area contributed by atoms with Gasteiger partial charge in [-0.3, -0.25) is 4.68 Å². The molecule has 0 fully saturated rings. The maximum absolute atomic E-state index is 12.8. The van der Waals surface area contributed by atoms with Crippen LogP contribution in [0.1, 0.15) is 0 Å². The predicted octanol–water partition coefficient (Wildman–Crippen LogP) is 0.598. The lowest BCUT2D eigenvalue weighted by Gasteiger charge is -2.01. The van der Waals surface area contributed by atoms with E-state index < -0.39 is 5.82 Å². The summed E-state index contributed by atoms with van der Waals surface area (Å²) in [5.74, 6) is -0.406. The zero-order chi connectivity index (χ0) is 10.1. The number of aryl methyl sites for hydroxylation is 1. The highest BCUT2D eigenvalue weighted by Gasteiger charge is 2.08. The first-order valence-corrected chi connectivity index (χ1v) is 3.95. The standard InChI is InChI=1S/C8H8FN5/c1-14-6(2-3-12-14)8-11-4-5(9)7(10)13-8/h2-4H,1H3,(H2,10,11,13). The van der Waals surface area contributed by atoms with Crippen molar-refractivity contribution in [3.8, 4) is 11.5 Å². The maximum Gasteiger partial charge on any atom is 0.183 e. The van der Waals surface area contributed by atoms with E-state index in [1.54, 1.807) is 24.0 Å². The minimum absolute atomic E-state index is 0.156. The highest BCUT2D eigenvalue weighted by molar-refractivity contribution is 5.51. The number of rotatable bonds is 1. The number of halogens is 1. The van der Waals surface area contributed by atoms with Gasteiger partial charge in [0.05, 0.1) is 6.20 Å². The lowest BCUT2D eigenvalue weighted by Crippen LogP contribution is -2.02. The van der Waals surface area contributed by atoms with Gasteiger partial charge in [0.2, 0.25) is 0 Å². The molecule has 0 amide bonds. The molecular weight excluding hydrogens is 185 g/mol. The summed E-state index contributed by atoms with van der Waals surface area (Å²) in [6.07, 6.45) is 2.66. The van der Waals surface area contributed by atoms with Crippen molar-refractivity contribution in [3.05, 3.63) is 24.3 Å². The van der Waals surface area contributed by atoms with Crippen LogP contribution in [0.4, 0.5) is 10.2 Å². The predicted molar refractivity (Wildman–Crippen MR) is 48.6 cm³/mol. The van der Waals surface area contributed by atoms with E-state index in [9.17, 15) is 4.39 Å². The molecule has 0 saturated carbocycles. The molecule has 0 bridgehead atoms. The van der Waals surface area contributed by atoms with Crippen molar-refractivity contribution >= 4 is 5.82 Å². The molecule has 14 heavy (non-hydrogen) atoms. The summed E-state index contributed by atoms with van der Waals surface area (Å²) in [7, 11) is 1.75. The first-order chi connectivity index (χ1) is 6.68. The minimum Gasteiger partial charge on any atom is -0.381 e. The molecule has 0 aliphatic carbocycles. The fourth-order valence-corrected chi connectivity index (χ4v) is 1.10. The largest absolute Gasteiger partial charge is 0.381 e. The van der Waals surface area contributed by atoms with E-state index in [-0.39, 0.29) is 5.82 Å². The molecule has 0 spiro atoms. The Morgan fingerprint density at radius 1 is 1.50 bits per heavy atom. The van der Waals surface area contributed by atoms with Crippen molar-refractivity contribution in [3.63, 3.8) is 0 Å². The van der Waals surface area contributed by atoms with Crippen LogP contribution in [-0.4, -0.2) is 19.7 Å². The van der Waals surface area contributed by atoms with Gasteiger partial charge >= 0.3 is 0 Å². The molecule has 72 valence electrons. The van der Waals surface area contributed by atoms with Gasteiger partial charge in [-0.15, -0.1) is 0 Å². The van der Waals surface area contributed by atoms with Crippen LogP contribution in [0.25, 0.3) is 11.5 Å². The highest BCUT2D eigenvalue weighted by Crippen LogP contribution is 2.15. The molecule has 2 heterocycles. The van der Waals surface area contributed by atoms with E-state index in [4.69, 9.17) is 5.73 Å². The molecule has 0 unspecified atom stereocenters. The van der Waals surface area contributed by atoms with Gasteiger partial charge in [-0.25, -0.2) is 14.4 Å². The van der Waals surface area contributed by atoms with Gasteiger partial charge in [-0.2, -0.15) is 5.10 Å². The average molecular weight is 193 g/mol. The van der Waals surface area contributed by atoms with Crippen molar-refractivity contribution in [2.45, 2.75) is 0 Å². The number of nitrogens with zero attached hydrogens (tertiary/aromatic N) is 4. The van der Waals surface area contributed by atoms with Crippen LogP contribution in [0.2, 0.25) is 0 Å². The van der Waals surface area contributed by atoms with Crippen molar-refractivity contribution < 1.29 is 4.39 Å². The third-order valence-electron chi connectivity index (χ3n) is 1.82. The Labute approximate surface area is 79.4 Å². The third kappa shape index (κ3) is 1.30. The fraction of sp³-hybridized carbons (Fsp3) is 0.125. The molecule has 2 rings (SSSR count). The first kappa shape index (κ1) is 8.61. The van der Waals surface area contributed by atoms with Crippen LogP contribution in [0.15, 0.2) is 18.5 Å². The number of nitrogens with two attached hydrogens (primary N) is 1. The number of hydrogen-bond donors (Lipinski definition) is 1. The summed E-state index contributed by atoms with van der Waals surface area (Å²) in [4.78, 5) is 7.62. The number of aromatic nitrogens is 4. The quantitative estimate of drug-likeness (QED) is 0.719. The average Bonchev–Trinajstić information content (AvgIpc) is 2.57. The van der Waals surface area contributed by atoms with Crippen molar-refractivity contribution in [1.29, 1.82) is 0 Å². The summed E-state index contributed by atoms with van der Waals surface area (Å²) >= 11 is 0. The maximum atomic E-state index is 12.8. The molecule has 0 aliphatic heterocycles. The fourth-order valence-electron chi connectivity index (χ4n) is 1.10. The molecule has 5 nitrogen and oxygen atoms in total. The van der Waals surface area contributed by atoms with Gasteiger partial charge in [0.25, 0.3) is 0 Å². The van der Waals surface area contributed by atoms with E-state index in [1.807, 2.05) is 0 Å². The first-order valence-electron chi connectivity index (χ1n) is 3.95. The monoisotopic (exact) mass is 193 g/mol. The Morgan fingerprint density at radius 2 is 2.29 bits per heavy atom. The molecule has 2 N–H and O–H groups in total. The van der Waals surface area contributed by atoms with Gasteiger partial charge in [0.1, 0.15) is 5.69 Å². The van der Waals surface area contributed by atoms with E-state index in [0.29, 0.717) is 11.5 Å². The number of hydrogen-bond acceptors (Lipinski definition) is 4. The molecular formula is C8H8FN5. The van der Waals surface area contributed by atoms with E-state index in [1.165, 1.54) is 0 Å². The summed E-state index contributed by atoms with van der Waals surface area (Å²) in [6, 6.07) is 1.73. The Balaban J connectivity index is 2.53. The van der Waals surface area contributed by atoms with Crippen LogP contribution in [0.5, 0.6) is 0 Å². The Morgan fingerprint density at radius 3 is 2.86 bits per heavy atom. The van der Waals surface area contributed by atoms with Crippen LogP contribution in [-0.2, 0) is 7.05 Å². The van der Waals surface area contributed by atoms with Gasteiger partial charge in [0.15, 0.2) is 17.5 Å². The van der Waals surface area contributed by atoms with Gasteiger partial charge in [-0.1, -0.05) is 0 Å². The van der Waals surface area contributed by atoms with Gasteiger partial charge < -0.3 is 5.73 Å². The Bertz CT molecular complexity index is 465. The normalized spacial score (nSPS) is 10.4. The van der Waals surface area contributed by atoms with Gasteiger partial charge in [0, 0.05) is 13.2 Å². The van der Waals surface area contributed by atoms with Crippen LogP contribution >= 0.6 is 0 Å². The Kier molecular flexibility index (Phi) is 1.88. The molecule has 0 aliphatic rings. The molecule has 2 aromatic heterocycles. The lowest BCUT2D eigenvalue weighted by atomic mass is 10.4. The van der Waals surface area contributed by atoms with Gasteiger partial charge in [-0.05, 0) is 6.07 Å². The second kappa shape index (κ2) is 3.06. The smallest absolute Gasteiger partial charge is 0.183 e. The summed E-state index contributed by atoms with van der Waals surface area (Å²) in [5, 5.41) is 3.95. The minimum atomic E-state index is -0.615. The summed E-state index contributed by atoms with van der Waals surface area (Å²) in [5.41, 5.74) is 6.01. The van der Waals surface area contributed by atoms with E-state index in [0.717, 1.165) is 6.20 Å². The van der Waals surface area contributed by atoms with E-state index in [2.05, 4.69) is 15.1 Å². The second-order valence-corrected chi connectivity index (χ2v) is 2.77.